The van der Waals surface area contributed by atoms with Gasteiger partial charge in [-0.2, -0.15) is 11.8 Å². The molecule has 0 aliphatic carbocycles. The maximum atomic E-state index is 9.15. The normalized spacial score (nSPS) is 13.1. The monoisotopic (exact) mass is 210 g/mol. The number of rotatable bonds is 5. The van der Waals surface area contributed by atoms with Crippen LogP contribution >= 0.6 is 11.8 Å². The second-order valence-electron chi connectivity index (χ2n) is 3.76. The topological polar surface area (TPSA) is 20.2 Å². The molecule has 2 heteroatoms. The standard InChI is InChI=1S/C12H18OS/c1-10(2)12(8-13)14-9-11-6-4-3-5-7-11/h3-7,10,12-13H,8-9H2,1-2H3/t12-/m1/s1. The van der Waals surface area contributed by atoms with E-state index >= 15 is 0 Å². The highest BCUT2D eigenvalue weighted by molar-refractivity contribution is 7.99. The van der Waals surface area contributed by atoms with Gasteiger partial charge in [-0.15, -0.1) is 0 Å². The van der Waals surface area contributed by atoms with Gasteiger partial charge in [0.15, 0.2) is 0 Å². The van der Waals surface area contributed by atoms with Crippen molar-refractivity contribution in [2.24, 2.45) is 5.92 Å². The lowest BCUT2D eigenvalue weighted by Crippen LogP contribution is -2.16. The fourth-order valence-corrected chi connectivity index (χ4v) is 2.32. The van der Waals surface area contributed by atoms with Crippen molar-refractivity contribution in [3.05, 3.63) is 35.9 Å². The van der Waals surface area contributed by atoms with Gasteiger partial charge < -0.3 is 5.11 Å². The van der Waals surface area contributed by atoms with E-state index in [0.717, 1.165) is 5.75 Å². The van der Waals surface area contributed by atoms with Gasteiger partial charge in [-0.1, -0.05) is 44.2 Å². The van der Waals surface area contributed by atoms with Crippen LogP contribution < -0.4 is 0 Å². The first-order valence-electron chi connectivity index (χ1n) is 5.00. The smallest absolute Gasteiger partial charge is 0.0552 e. The van der Waals surface area contributed by atoms with Gasteiger partial charge in [-0.25, -0.2) is 0 Å². The number of hydrogen-bond acceptors (Lipinski definition) is 2. The third-order valence-corrected chi connectivity index (χ3v) is 3.85. The maximum Gasteiger partial charge on any atom is 0.0552 e. The van der Waals surface area contributed by atoms with Gasteiger partial charge >= 0.3 is 0 Å². The van der Waals surface area contributed by atoms with E-state index in [9.17, 15) is 0 Å². The molecule has 1 aromatic rings. The average Bonchev–Trinajstić information content (AvgIpc) is 2.20. The molecule has 0 radical (unpaired) electrons. The van der Waals surface area contributed by atoms with E-state index in [1.165, 1.54) is 5.56 Å². The molecule has 0 bridgehead atoms. The molecule has 0 heterocycles. The van der Waals surface area contributed by atoms with Crippen molar-refractivity contribution in [2.75, 3.05) is 6.61 Å². The van der Waals surface area contributed by atoms with Crippen LogP contribution in [0.3, 0.4) is 0 Å². The molecule has 1 N–H and O–H groups in total. The van der Waals surface area contributed by atoms with E-state index < -0.39 is 0 Å². The van der Waals surface area contributed by atoms with E-state index in [0.29, 0.717) is 11.2 Å². The number of aliphatic hydroxyl groups is 1. The molecule has 78 valence electrons. The molecule has 1 rings (SSSR count). The van der Waals surface area contributed by atoms with Crippen LogP contribution in [0.1, 0.15) is 19.4 Å². The molecule has 0 aliphatic heterocycles. The quantitative estimate of drug-likeness (QED) is 0.806. The number of thioether (sulfide) groups is 1. The van der Waals surface area contributed by atoms with Crippen LogP contribution in [-0.2, 0) is 5.75 Å². The lowest BCUT2D eigenvalue weighted by molar-refractivity contribution is 0.275. The first-order chi connectivity index (χ1) is 6.74. The predicted molar refractivity (Wildman–Crippen MR) is 63.4 cm³/mol. The van der Waals surface area contributed by atoms with Crippen LogP contribution in [-0.4, -0.2) is 17.0 Å². The second-order valence-corrected chi connectivity index (χ2v) is 4.99. The van der Waals surface area contributed by atoms with Gasteiger partial charge in [0.2, 0.25) is 0 Å². The minimum Gasteiger partial charge on any atom is -0.395 e. The number of benzene rings is 1. The Morgan fingerprint density at radius 1 is 1.21 bits per heavy atom. The molecule has 0 saturated carbocycles. The molecule has 0 spiro atoms. The van der Waals surface area contributed by atoms with Crippen molar-refractivity contribution in [1.29, 1.82) is 0 Å². The summed E-state index contributed by atoms with van der Waals surface area (Å²) in [5.74, 6) is 1.53. The minimum atomic E-state index is 0.273. The summed E-state index contributed by atoms with van der Waals surface area (Å²) < 4.78 is 0. The predicted octanol–water partition coefficient (Wildman–Crippen LogP) is 2.94. The molecule has 0 fully saturated rings. The second kappa shape index (κ2) is 6.10. The Balaban J connectivity index is 2.40. The fraction of sp³-hybridized carbons (Fsp3) is 0.500. The highest BCUT2D eigenvalue weighted by Crippen LogP contribution is 2.22. The van der Waals surface area contributed by atoms with Crippen molar-refractivity contribution in [2.45, 2.75) is 24.9 Å². The molecular formula is C12H18OS. The van der Waals surface area contributed by atoms with Gasteiger partial charge in [0.1, 0.15) is 0 Å². The molecule has 0 saturated heterocycles. The Hall–Kier alpha value is -0.470. The third kappa shape index (κ3) is 3.72. The van der Waals surface area contributed by atoms with Crippen LogP contribution in [0.4, 0.5) is 0 Å². The maximum absolute atomic E-state index is 9.15. The van der Waals surface area contributed by atoms with E-state index in [1.807, 2.05) is 17.8 Å². The molecule has 0 amide bonds. The number of aliphatic hydroxyl groups excluding tert-OH is 1. The Morgan fingerprint density at radius 3 is 2.36 bits per heavy atom. The zero-order valence-corrected chi connectivity index (χ0v) is 9.63. The van der Waals surface area contributed by atoms with E-state index in [1.54, 1.807) is 0 Å². The lowest BCUT2D eigenvalue weighted by Gasteiger charge is -2.17. The summed E-state index contributed by atoms with van der Waals surface area (Å²) in [6.07, 6.45) is 0. The van der Waals surface area contributed by atoms with Crippen molar-refractivity contribution >= 4 is 11.8 Å². The summed E-state index contributed by atoms with van der Waals surface area (Å²) in [4.78, 5) is 0. The molecule has 0 aromatic heterocycles. The van der Waals surface area contributed by atoms with E-state index in [2.05, 4.69) is 38.1 Å². The van der Waals surface area contributed by atoms with Crippen molar-refractivity contribution < 1.29 is 5.11 Å². The summed E-state index contributed by atoms with van der Waals surface area (Å²) in [5.41, 5.74) is 1.33. The van der Waals surface area contributed by atoms with Gasteiger partial charge in [0, 0.05) is 11.0 Å². The van der Waals surface area contributed by atoms with Gasteiger partial charge in [-0.05, 0) is 11.5 Å². The summed E-state index contributed by atoms with van der Waals surface area (Å²) in [6.45, 7) is 4.58. The SMILES string of the molecule is CC(C)[C@@H](CO)SCc1ccccc1. The highest BCUT2D eigenvalue weighted by Gasteiger charge is 2.12. The largest absolute Gasteiger partial charge is 0.395 e. The third-order valence-electron chi connectivity index (χ3n) is 2.23. The lowest BCUT2D eigenvalue weighted by atomic mass is 10.1. The summed E-state index contributed by atoms with van der Waals surface area (Å²) in [6, 6.07) is 10.4. The Labute approximate surface area is 90.5 Å². The minimum absolute atomic E-state index is 0.273. The van der Waals surface area contributed by atoms with Crippen LogP contribution in [0.2, 0.25) is 0 Å². The summed E-state index contributed by atoms with van der Waals surface area (Å²) in [7, 11) is 0. The Kier molecular flexibility index (Phi) is 5.05. The molecule has 0 aliphatic rings. The molecular weight excluding hydrogens is 192 g/mol. The van der Waals surface area contributed by atoms with Crippen molar-refractivity contribution in [3.63, 3.8) is 0 Å². The summed E-state index contributed by atoms with van der Waals surface area (Å²) >= 11 is 1.83. The molecule has 1 atom stereocenters. The van der Waals surface area contributed by atoms with Gasteiger partial charge in [0.25, 0.3) is 0 Å². The molecule has 1 nitrogen and oxygen atoms in total. The Bertz CT molecular complexity index is 246. The molecule has 0 unspecified atom stereocenters. The van der Waals surface area contributed by atoms with Crippen LogP contribution in [0.25, 0.3) is 0 Å². The van der Waals surface area contributed by atoms with Crippen LogP contribution in [0.5, 0.6) is 0 Å². The average molecular weight is 210 g/mol. The zero-order chi connectivity index (χ0) is 10.4. The first-order valence-corrected chi connectivity index (χ1v) is 6.05. The molecule has 1 aromatic carbocycles. The molecule has 14 heavy (non-hydrogen) atoms. The zero-order valence-electron chi connectivity index (χ0n) is 8.81. The highest BCUT2D eigenvalue weighted by atomic mass is 32.2. The fourth-order valence-electron chi connectivity index (χ4n) is 1.23. The number of hydrogen-bond donors (Lipinski definition) is 1. The van der Waals surface area contributed by atoms with Gasteiger partial charge in [-0.3, -0.25) is 0 Å². The van der Waals surface area contributed by atoms with E-state index in [4.69, 9.17) is 5.11 Å². The van der Waals surface area contributed by atoms with Crippen LogP contribution in [0.15, 0.2) is 30.3 Å². The van der Waals surface area contributed by atoms with Crippen LogP contribution in [0, 0.1) is 5.92 Å². The first kappa shape index (κ1) is 11.6. The van der Waals surface area contributed by atoms with E-state index in [-0.39, 0.29) is 6.61 Å². The summed E-state index contributed by atoms with van der Waals surface area (Å²) in [5, 5.41) is 9.51. The van der Waals surface area contributed by atoms with Crippen molar-refractivity contribution in [3.8, 4) is 0 Å². The van der Waals surface area contributed by atoms with Crippen molar-refractivity contribution in [1.82, 2.24) is 0 Å². The van der Waals surface area contributed by atoms with Gasteiger partial charge in [0.05, 0.1) is 6.61 Å². The Morgan fingerprint density at radius 2 is 1.86 bits per heavy atom.